The van der Waals surface area contributed by atoms with Gasteiger partial charge in [0.1, 0.15) is 0 Å². The first kappa shape index (κ1) is 27.6. The van der Waals surface area contributed by atoms with Crippen LogP contribution in [0.1, 0.15) is 90.3 Å². The van der Waals surface area contributed by atoms with Gasteiger partial charge in [0.05, 0.1) is 0 Å². The van der Waals surface area contributed by atoms with Crippen molar-refractivity contribution in [2.45, 2.75) is 84.5 Å². The lowest BCUT2D eigenvalue weighted by Crippen LogP contribution is -2.27. The van der Waals surface area contributed by atoms with Crippen LogP contribution in [-0.4, -0.2) is 6.54 Å². The Hall–Kier alpha value is -3.58. The molecule has 2 aliphatic rings. The average Bonchev–Trinajstić information content (AvgIpc) is 3.33. The fourth-order valence-electron chi connectivity index (χ4n) is 7.61. The summed E-state index contributed by atoms with van der Waals surface area (Å²) in [7, 11) is 0. The van der Waals surface area contributed by atoms with Crippen LogP contribution in [0.3, 0.4) is 0 Å². The van der Waals surface area contributed by atoms with Gasteiger partial charge in [0.25, 0.3) is 0 Å². The van der Waals surface area contributed by atoms with Crippen molar-refractivity contribution < 1.29 is 0 Å². The van der Waals surface area contributed by atoms with Gasteiger partial charge in [0.15, 0.2) is 0 Å². The normalized spacial score (nSPS) is 18.3. The molecular formula is C40H45N. The molecule has 1 aliphatic heterocycles. The third-order valence-corrected chi connectivity index (χ3v) is 9.66. The van der Waals surface area contributed by atoms with Crippen LogP contribution >= 0.6 is 0 Å². The Balaban J connectivity index is 1.46. The third-order valence-electron chi connectivity index (χ3n) is 9.66. The van der Waals surface area contributed by atoms with E-state index in [1.54, 1.807) is 0 Å². The number of hydrogen-bond donors (Lipinski definition) is 0. The molecule has 4 aromatic rings. The smallest absolute Gasteiger partial charge is 0.0457 e. The second-order valence-electron chi connectivity index (χ2n) is 13.1. The minimum atomic E-state index is -0.0714. The van der Waals surface area contributed by atoms with E-state index in [0.29, 0.717) is 0 Å². The van der Waals surface area contributed by atoms with Crippen molar-refractivity contribution in [1.29, 1.82) is 0 Å². The maximum Gasteiger partial charge on any atom is 0.0457 e. The molecule has 0 unspecified atom stereocenters. The topological polar surface area (TPSA) is 3.24 Å². The molecule has 0 saturated heterocycles. The third kappa shape index (κ3) is 4.45. The fourth-order valence-corrected chi connectivity index (χ4v) is 7.61. The molecule has 4 aromatic carbocycles. The average molecular weight is 540 g/mol. The summed E-state index contributed by atoms with van der Waals surface area (Å²) in [6.45, 7) is 15.3. The molecule has 1 aliphatic carbocycles. The Morgan fingerprint density at radius 2 is 1.32 bits per heavy atom. The minimum absolute atomic E-state index is 0.0411. The van der Waals surface area contributed by atoms with Crippen LogP contribution in [-0.2, 0) is 10.8 Å². The summed E-state index contributed by atoms with van der Waals surface area (Å²) in [5.74, 6) is 0. The lowest BCUT2D eigenvalue weighted by molar-refractivity contribution is 0.628. The van der Waals surface area contributed by atoms with E-state index in [1.165, 1.54) is 86.4 Å². The maximum atomic E-state index is 2.60. The van der Waals surface area contributed by atoms with Gasteiger partial charge >= 0.3 is 0 Å². The molecule has 0 N–H and O–H groups in total. The number of unbranched alkanes of at least 4 members (excludes halogenated alkanes) is 2. The van der Waals surface area contributed by atoms with Gasteiger partial charge in [-0.25, -0.2) is 0 Å². The first-order valence-corrected chi connectivity index (χ1v) is 15.8. The molecule has 6 rings (SSSR count). The van der Waals surface area contributed by atoms with E-state index in [4.69, 9.17) is 0 Å². The summed E-state index contributed by atoms with van der Waals surface area (Å²) in [5.41, 5.74) is 10.1. The SMILES string of the molecule is CCCCC1=C(/C=C/C=C2\N(CCCC)c3ccc4ccccc4c3C2(C)C)C(C)(C)c2c1ccc1ccccc21. The van der Waals surface area contributed by atoms with Gasteiger partial charge in [-0.3, -0.25) is 0 Å². The van der Waals surface area contributed by atoms with Gasteiger partial charge in [-0.1, -0.05) is 133 Å². The van der Waals surface area contributed by atoms with E-state index in [1.807, 2.05) is 0 Å². The van der Waals surface area contributed by atoms with Crippen LogP contribution < -0.4 is 4.90 Å². The molecular weight excluding hydrogens is 494 g/mol. The summed E-state index contributed by atoms with van der Waals surface area (Å²) in [4.78, 5) is 2.60. The Labute approximate surface area is 247 Å². The van der Waals surface area contributed by atoms with Gasteiger partial charge in [0.2, 0.25) is 0 Å². The van der Waals surface area contributed by atoms with Crippen LogP contribution in [0.4, 0.5) is 5.69 Å². The summed E-state index contributed by atoms with van der Waals surface area (Å²) in [6.07, 6.45) is 13.2. The Morgan fingerprint density at radius 1 is 0.683 bits per heavy atom. The predicted octanol–water partition coefficient (Wildman–Crippen LogP) is 11.3. The zero-order valence-electron chi connectivity index (χ0n) is 25.9. The standard InChI is InChI=1S/C40H45N/c1-7-9-18-32-33-25-23-28-16-11-13-19-30(28)37(33)39(3,4)34(32)21-15-22-36-40(5,6)38-31-20-14-12-17-29(31)24-26-35(38)41(36)27-10-8-2/h11-17,19-26H,7-10,18,27H2,1-6H3/b21-15+,36-22-. The van der Waals surface area contributed by atoms with Crippen molar-refractivity contribution in [1.82, 2.24) is 0 Å². The Kier molecular flexibility index (Phi) is 7.18. The summed E-state index contributed by atoms with van der Waals surface area (Å²) < 4.78 is 0. The van der Waals surface area contributed by atoms with Gasteiger partial charge in [-0.2, -0.15) is 0 Å². The van der Waals surface area contributed by atoms with Crippen molar-refractivity contribution in [2.75, 3.05) is 11.4 Å². The summed E-state index contributed by atoms with van der Waals surface area (Å²) in [6, 6.07) is 27.2. The maximum absolute atomic E-state index is 2.60. The van der Waals surface area contributed by atoms with E-state index < -0.39 is 0 Å². The number of nitrogens with zero attached hydrogens (tertiary/aromatic N) is 1. The summed E-state index contributed by atoms with van der Waals surface area (Å²) >= 11 is 0. The lowest BCUT2D eigenvalue weighted by Gasteiger charge is -2.27. The van der Waals surface area contributed by atoms with Crippen LogP contribution in [0.2, 0.25) is 0 Å². The molecule has 0 atom stereocenters. The molecule has 1 heteroatoms. The Bertz CT molecular complexity index is 1710. The second-order valence-corrected chi connectivity index (χ2v) is 13.1. The van der Waals surface area contributed by atoms with Crippen molar-refractivity contribution in [3.8, 4) is 0 Å². The van der Waals surface area contributed by atoms with Crippen LogP contribution in [0.5, 0.6) is 0 Å². The van der Waals surface area contributed by atoms with Gasteiger partial charge in [-0.15, -0.1) is 0 Å². The van der Waals surface area contributed by atoms with Crippen molar-refractivity contribution in [2.24, 2.45) is 0 Å². The molecule has 0 bridgehead atoms. The molecule has 0 fully saturated rings. The highest BCUT2D eigenvalue weighted by atomic mass is 15.2. The monoisotopic (exact) mass is 539 g/mol. The van der Waals surface area contributed by atoms with Crippen LogP contribution in [0.25, 0.3) is 27.1 Å². The van der Waals surface area contributed by atoms with E-state index in [-0.39, 0.29) is 10.8 Å². The molecule has 0 radical (unpaired) electrons. The lowest BCUT2D eigenvalue weighted by atomic mass is 9.78. The van der Waals surface area contributed by atoms with Crippen LogP contribution in [0.15, 0.2) is 102 Å². The number of rotatable bonds is 8. The van der Waals surface area contributed by atoms with Crippen molar-refractivity contribution >= 4 is 32.8 Å². The molecule has 41 heavy (non-hydrogen) atoms. The second kappa shape index (κ2) is 10.7. The predicted molar refractivity (Wildman–Crippen MR) is 180 cm³/mol. The van der Waals surface area contributed by atoms with E-state index in [0.717, 1.165) is 13.0 Å². The highest BCUT2D eigenvalue weighted by molar-refractivity contribution is 5.97. The minimum Gasteiger partial charge on any atom is -0.344 e. The van der Waals surface area contributed by atoms with Crippen molar-refractivity contribution in [3.05, 3.63) is 119 Å². The zero-order chi connectivity index (χ0) is 28.8. The van der Waals surface area contributed by atoms with Gasteiger partial charge in [0, 0.05) is 28.8 Å². The largest absolute Gasteiger partial charge is 0.344 e. The highest BCUT2D eigenvalue weighted by Crippen LogP contribution is 2.52. The number of anilines is 1. The molecule has 1 heterocycles. The number of hydrogen-bond acceptors (Lipinski definition) is 1. The van der Waals surface area contributed by atoms with Crippen molar-refractivity contribution in [3.63, 3.8) is 0 Å². The quantitative estimate of drug-likeness (QED) is 0.215. The summed E-state index contributed by atoms with van der Waals surface area (Å²) in [5, 5.41) is 5.45. The van der Waals surface area contributed by atoms with E-state index in [9.17, 15) is 0 Å². The van der Waals surface area contributed by atoms with Gasteiger partial charge in [-0.05, 0) is 80.8 Å². The van der Waals surface area contributed by atoms with E-state index >= 15 is 0 Å². The zero-order valence-corrected chi connectivity index (χ0v) is 25.9. The number of fused-ring (bicyclic) bond motifs is 6. The molecule has 0 aromatic heterocycles. The molecule has 0 spiro atoms. The molecule has 210 valence electrons. The Morgan fingerprint density at radius 3 is 2.00 bits per heavy atom. The highest BCUT2D eigenvalue weighted by Gasteiger charge is 2.41. The number of benzene rings is 4. The van der Waals surface area contributed by atoms with Gasteiger partial charge < -0.3 is 4.90 Å². The van der Waals surface area contributed by atoms with Crippen LogP contribution in [0, 0.1) is 0 Å². The molecule has 0 amide bonds. The van der Waals surface area contributed by atoms with E-state index in [2.05, 4.69) is 137 Å². The fraction of sp³-hybridized carbons (Fsp3) is 0.350. The first-order chi connectivity index (χ1) is 19.8. The first-order valence-electron chi connectivity index (χ1n) is 15.8. The number of allylic oxidation sites excluding steroid dienone is 6. The molecule has 0 saturated carbocycles. The molecule has 1 nitrogen and oxygen atoms in total.